The minimum absolute atomic E-state index is 0.322. The Bertz CT molecular complexity index is 1190. The van der Waals surface area contributed by atoms with Crippen molar-refractivity contribution in [3.63, 3.8) is 0 Å². The van der Waals surface area contributed by atoms with Gasteiger partial charge in [-0.05, 0) is 97.9 Å². The van der Waals surface area contributed by atoms with Crippen molar-refractivity contribution in [3.05, 3.63) is 94.5 Å². The van der Waals surface area contributed by atoms with Crippen LogP contribution in [0.2, 0.25) is 0 Å². The first-order valence-electron chi connectivity index (χ1n) is 13.5. The molecule has 2 unspecified atom stereocenters. The van der Waals surface area contributed by atoms with E-state index >= 15 is 0 Å². The van der Waals surface area contributed by atoms with Crippen molar-refractivity contribution < 1.29 is 9.53 Å². The molecule has 36 heavy (non-hydrogen) atoms. The average Bonchev–Trinajstić information content (AvgIpc) is 3.38. The maximum Gasteiger partial charge on any atom is 0.248 e. The van der Waals surface area contributed by atoms with Gasteiger partial charge in [0.25, 0.3) is 0 Å². The number of hydrogen-bond acceptors (Lipinski definition) is 3. The zero-order valence-electron chi connectivity index (χ0n) is 21.6. The van der Waals surface area contributed by atoms with Crippen LogP contribution in [-0.2, 0) is 0 Å². The summed E-state index contributed by atoms with van der Waals surface area (Å²) in [7, 11) is 0. The predicted octanol–water partition coefficient (Wildman–Crippen LogP) is 6.89. The molecule has 2 N–H and O–H groups in total. The summed E-state index contributed by atoms with van der Waals surface area (Å²) in [6.45, 7) is 5.73. The van der Waals surface area contributed by atoms with Gasteiger partial charge in [0.2, 0.25) is 5.91 Å². The number of ether oxygens (including phenoxy) is 1. The van der Waals surface area contributed by atoms with Gasteiger partial charge < -0.3 is 15.4 Å². The highest BCUT2D eigenvalue weighted by atomic mass is 16.5. The lowest BCUT2D eigenvalue weighted by Crippen LogP contribution is -2.35. The molecular weight excluding hydrogens is 444 g/mol. The molecule has 1 amide bonds. The molecule has 1 saturated carbocycles. The Morgan fingerprint density at radius 2 is 1.50 bits per heavy atom. The molecule has 3 aromatic carbocycles. The van der Waals surface area contributed by atoms with Gasteiger partial charge >= 0.3 is 0 Å². The van der Waals surface area contributed by atoms with E-state index in [1.807, 2.05) is 19.1 Å². The van der Waals surface area contributed by atoms with Crippen molar-refractivity contribution in [3.8, 4) is 5.75 Å². The second-order valence-corrected chi connectivity index (χ2v) is 10.5. The Morgan fingerprint density at radius 1 is 0.833 bits per heavy atom. The molecular formula is C32H38N2O2. The molecule has 1 saturated heterocycles. The molecule has 0 spiro atoms. The second-order valence-electron chi connectivity index (χ2n) is 10.5. The van der Waals surface area contributed by atoms with Gasteiger partial charge in [-0.2, -0.15) is 0 Å². The lowest BCUT2D eigenvalue weighted by atomic mass is 9.72. The van der Waals surface area contributed by atoms with E-state index in [2.05, 4.69) is 66.4 Å². The van der Waals surface area contributed by atoms with E-state index in [9.17, 15) is 4.79 Å². The van der Waals surface area contributed by atoms with E-state index < -0.39 is 0 Å². The fourth-order valence-corrected chi connectivity index (χ4v) is 6.34. The number of primary amides is 1. The van der Waals surface area contributed by atoms with Crippen LogP contribution in [0.15, 0.2) is 66.7 Å². The van der Waals surface area contributed by atoms with Gasteiger partial charge in [-0.15, -0.1) is 0 Å². The first-order chi connectivity index (χ1) is 17.5. The highest BCUT2D eigenvalue weighted by Crippen LogP contribution is 2.44. The molecule has 1 aliphatic heterocycles. The smallest absolute Gasteiger partial charge is 0.248 e. The molecule has 3 atom stereocenters. The summed E-state index contributed by atoms with van der Waals surface area (Å²) in [6, 6.07) is 24.1. The summed E-state index contributed by atoms with van der Waals surface area (Å²) in [4.78, 5) is 14.2. The van der Waals surface area contributed by atoms with Crippen LogP contribution in [0.1, 0.15) is 83.0 Å². The molecule has 4 heteroatoms. The summed E-state index contributed by atoms with van der Waals surface area (Å²) in [5.41, 5.74) is 12.3. The molecule has 0 radical (unpaired) electrons. The van der Waals surface area contributed by atoms with Crippen molar-refractivity contribution in [1.82, 2.24) is 0 Å². The molecule has 0 aromatic heterocycles. The second kappa shape index (κ2) is 10.8. The number of anilines is 1. The zero-order valence-corrected chi connectivity index (χ0v) is 21.6. The van der Waals surface area contributed by atoms with E-state index in [0.717, 1.165) is 36.3 Å². The number of nitrogens with two attached hydrogens (primary N) is 1. The highest BCUT2D eigenvalue weighted by molar-refractivity contribution is 5.95. The van der Waals surface area contributed by atoms with Gasteiger partial charge in [-0.25, -0.2) is 0 Å². The Morgan fingerprint density at radius 3 is 2.17 bits per heavy atom. The van der Waals surface area contributed by atoms with Crippen LogP contribution in [0.3, 0.4) is 0 Å². The minimum Gasteiger partial charge on any atom is -0.491 e. The van der Waals surface area contributed by atoms with E-state index in [-0.39, 0.29) is 5.91 Å². The van der Waals surface area contributed by atoms with Crippen LogP contribution in [-0.4, -0.2) is 25.1 Å². The number of rotatable bonds is 7. The fraction of sp³-hybridized carbons (Fsp3) is 0.406. The molecule has 1 aliphatic carbocycles. The summed E-state index contributed by atoms with van der Waals surface area (Å²) in [6.07, 6.45) is 7.40. The fourth-order valence-electron chi connectivity index (χ4n) is 6.34. The van der Waals surface area contributed by atoms with Gasteiger partial charge in [-0.3, -0.25) is 4.79 Å². The maximum atomic E-state index is 11.7. The summed E-state index contributed by atoms with van der Waals surface area (Å²) in [5.74, 6) is 1.76. The average molecular weight is 483 g/mol. The van der Waals surface area contributed by atoms with Crippen LogP contribution in [0.5, 0.6) is 5.75 Å². The molecule has 2 aliphatic rings. The van der Waals surface area contributed by atoms with Crippen LogP contribution in [0, 0.1) is 13.8 Å². The molecule has 0 bridgehead atoms. The van der Waals surface area contributed by atoms with Gasteiger partial charge in [0.05, 0.1) is 6.04 Å². The van der Waals surface area contributed by atoms with Gasteiger partial charge in [-0.1, -0.05) is 55.3 Å². The largest absolute Gasteiger partial charge is 0.491 e. The van der Waals surface area contributed by atoms with Crippen molar-refractivity contribution in [2.24, 2.45) is 5.73 Å². The first-order valence-corrected chi connectivity index (χ1v) is 13.5. The summed E-state index contributed by atoms with van der Waals surface area (Å²) < 4.78 is 6.31. The first kappa shape index (κ1) is 24.4. The maximum absolute atomic E-state index is 11.7. The standard InChI is InChI=1S/C32H38N2O2/c1-22-23(2)31(19-18-28(22)32(33)35)34-20-8-11-26(34)21-36-27-16-14-25(15-17-27)30-13-7-6-12-29(30)24-9-4-3-5-10-24/h3-5,9-10,14-19,26,29-30H,6-8,11-13,20-21H2,1-2H3,(H2,33,35)/t26-,29?,30?/m0/s1. The number of hydrogen-bond donors (Lipinski definition) is 1. The van der Waals surface area contributed by atoms with Crippen molar-refractivity contribution in [1.29, 1.82) is 0 Å². The molecule has 1 heterocycles. The Balaban J connectivity index is 1.25. The van der Waals surface area contributed by atoms with E-state index in [4.69, 9.17) is 10.5 Å². The summed E-state index contributed by atoms with van der Waals surface area (Å²) in [5, 5.41) is 0. The van der Waals surface area contributed by atoms with Crippen LogP contribution < -0.4 is 15.4 Å². The topological polar surface area (TPSA) is 55.6 Å². The predicted molar refractivity (Wildman–Crippen MR) is 147 cm³/mol. The van der Waals surface area contributed by atoms with E-state index in [1.165, 1.54) is 42.5 Å². The van der Waals surface area contributed by atoms with Crippen molar-refractivity contribution >= 4 is 11.6 Å². The van der Waals surface area contributed by atoms with Crippen LogP contribution in [0.4, 0.5) is 5.69 Å². The van der Waals surface area contributed by atoms with E-state index in [1.54, 1.807) is 0 Å². The lowest BCUT2D eigenvalue weighted by molar-refractivity contribution is 0.0999. The number of amides is 1. The lowest BCUT2D eigenvalue weighted by Gasteiger charge is -2.32. The molecule has 5 rings (SSSR count). The number of carbonyl (C=O) groups excluding carboxylic acids is 1. The van der Waals surface area contributed by atoms with Crippen molar-refractivity contribution in [2.45, 2.75) is 70.3 Å². The quantitative estimate of drug-likeness (QED) is 0.399. The third kappa shape index (κ3) is 5.00. The van der Waals surface area contributed by atoms with Crippen LogP contribution >= 0.6 is 0 Å². The Kier molecular flexibility index (Phi) is 7.31. The number of benzene rings is 3. The third-order valence-electron chi connectivity index (χ3n) is 8.45. The summed E-state index contributed by atoms with van der Waals surface area (Å²) >= 11 is 0. The third-order valence-corrected chi connectivity index (χ3v) is 8.45. The van der Waals surface area contributed by atoms with Crippen LogP contribution in [0.25, 0.3) is 0 Å². The van der Waals surface area contributed by atoms with Gasteiger partial charge in [0, 0.05) is 17.8 Å². The molecule has 3 aromatic rings. The molecule has 188 valence electrons. The van der Waals surface area contributed by atoms with Gasteiger partial charge in [0.1, 0.15) is 12.4 Å². The zero-order chi connectivity index (χ0) is 25.1. The molecule has 4 nitrogen and oxygen atoms in total. The number of nitrogens with zero attached hydrogens (tertiary/aromatic N) is 1. The normalized spacial score (nSPS) is 21.9. The van der Waals surface area contributed by atoms with Crippen molar-refractivity contribution in [2.75, 3.05) is 18.1 Å². The minimum atomic E-state index is -0.366. The van der Waals surface area contributed by atoms with Gasteiger partial charge in [0.15, 0.2) is 0 Å². The Hall–Kier alpha value is -3.27. The SMILES string of the molecule is Cc1c(C(N)=O)ccc(N2CCC[C@H]2COc2ccc(C3CCCCC3c3ccccc3)cc2)c1C. The monoisotopic (exact) mass is 482 g/mol. The Labute approximate surface area is 215 Å². The van der Waals surface area contributed by atoms with E-state index in [0.29, 0.717) is 30.0 Å². The molecule has 2 fully saturated rings. The number of carbonyl (C=O) groups is 1. The highest BCUT2D eigenvalue weighted by Gasteiger charge is 2.29.